The molecule has 0 bridgehead atoms. The van der Waals surface area contributed by atoms with Crippen molar-refractivity contribution in [3.8, 4) is 5.75 Å². The molecule has 0 atom stereocenters. The topological polar surface area (TPSA) is 62.5 Å². The number of aryl methyl sites for hydroxylation is 1. The molecule has 0 radical (unpaired) electrons. The molecule has 0 aliphatic rings. The van der Waals surface area contributed by atoms with Crippen LogP contribution in [0.15, 0.2) is 53.1 Å². The van der Waals surface area contributed by atoms with Gasteiger partial charge in [-0.1, -0.05) is 31.2 Å². The Hall–Kier alpha value is -2.75. The van der Waals surface area contributed by atoms with E-state index in [1.807, 2.05) is 18.2 Å². The summed E-state index contributed by atoms with van der Waals surface area (Å²) in [7, 11) is 0. The van der Waals surface area contributed by atoms with Crippen LogP contribution in [0.2, 0.25) is 0 Å². The van der Waals surface area contributed by atoms with Crippen molar-refractivity contribution in [1.82, 2.24) is 0 Å². The largest absolute Gasteiger partial charge is 0.506 e. The first-order valence-electron chi connectivity index (χ1n) is 7.24. The van der Waals surface area contributed by atoms with Gasteiger partial charge in [-0.2, -0.15) is 0 Å². The lowest BCUT2D eigenvalue weighted by molar-refractivity contribution is -0.115. The molecule has 1 amide bonds. The van der Waals surface area contributed by atoms with Gasteiger partial charge in [-0.3, -0.25) is 4.79 Å². The van der Waals surface area contributed by atoms with Gasteiger partial charge in [0.1, 0.15) is 11.3 Å². The standard InChI is InChI=1S/C18H17NO3/c1-2-12-7-8-14-13(11-22-17(14)9-12)10-18(21)19-15-5-3-4-6-16(15)20/h3-9,11,20H,2,10H2,1H3,(H,19,21). The van der Waals surface area contributed by atoms with E-state index in [0.717, 1.165) is 23.0 Å². The smallest absolute Gasteiger partial charge is 0.229 e. The second kappa shape index (κ2) is 5.93. The minimum Gasteiger partial charge on any atom is -0.506 e. The van der Waals surface area contributed by atoms with E-state index < -0.39 is 0 Å². The number of carbonyl (C=O) groups is 1. The van der Waals surface area contributed by atoms with Crippen molar-refractivity contribution in [1.29, 1.82) is 0 Å². The average Bonchev–Trinajstić information content (AvgIpc) is 2.91. The van der Waals surface area contributed by atoms with E-state index in [0.29, 0.717) is 5.69 Å². The van der Waals surface area contributed by atoms with Crippen molar-refractivity contribution in [2.24, 2.45) is 0 Å². The van der Waals surface area contributed by atoms with Gasteiger partial charge in [0, 0.05) is 10.9 Å². The van der Waals surface area contributed by atoms with Gasteiger partial charge in [0.2, 0.25) is 5.91 Å². The SMILES string of the molecule is CCc1ccc2c(CC(=O)Nc3ccccc3O)coc2c1. The number of rotatable bonds is 4. The normalized spacial score (nSPS) is 10.8. The van der Waals surface area contributed by atoms with Gasteiger partial charge in [0.15, 0.2) is 0 Å². The average molecular weight is 295 g/mol. The molecule has 0 aliphatic heterocycles. The number of fused-ring (bicyclic) bond motifs is 1. The summed E-state index contributed by atoms with van der Waals surface area (Å²) in [6, 6.07) is 12.7. The molecule has 3 rings (SSSR count). The van der Waals surface area contributed by atoms with E-state index >= 15 is 0 Å². The predicted molar refractivity (Wildman–Crippen MR) is 86.0 cm³/mol. The summed E-state index contributed by atoms with van der Waals surface area (Å²) in [6.45, 7) is 2.09. The Morgan fingerprint density at radius 3 is 2.82 bits per heavy atom. The molecule has 22 heavy (non-hydrogen) atoms. The zero-order valence-corrected chi connectivity index (χ0v) is 12.3. The fraction of sp³-hybridized carbons (Fsp3) is 0.167. The van der Waals surface area contributed by atoms with E-state index in [4.69, 9.17) is 4.42 Å². The lowest BCUT2D eigenvalue weighted by Gasteiger charge is -2.06. The van der Waals surface area contributed by atoms with Gasteiger partial charge >= 0.3 is 0 Å². The van der Waals surface area contributed by atoms with Gasteiger partial charge in [-0.25, -0.2) is 0 Å². The Bertz CT molecular complexity index is 820. The predicted octanol–water partition coefficient (Wildman–Crippen LogP) is 3.88. The quantitative estimate of drug-likeness (QED) is 0.718. The van der Waals surface area contributed by atoms with Crippen LogP contribution in [0.5, 0.6) is 5.75 Å². The van der Waals surface area contributed by atoms with Crippen molar-refractivity contribution in [2.45, 2.75) is 19.8 Å². The molecule has 112 valence electrons. The van der Waals surface area contributed by atoms with Gasteiger partial charge in [-0.15, -0.1) is 0 Å². The highest BCUT2D eigenvalue weighted by molar-refractivity contribution is 5.96. The van der Waals surface area contributed by atoms with Crippen LogP contribution in [0.25, 0.3) is 11.0 Å². The minimum atomic E-state index is -0.191. The number of nitrogens with one attached hydrogen (secondary N) is 1. The molecule has 0 saturated carbocycles. The zero-order chi connectivity index (χ0) is 15.5. The highest BCUT2D eigenvalue weighted by Crippen LogP contribution is 2.25. The summed E-state index contributed by atoms with van der Waals surface area (Å²) in [5, 5.41) is 13.3. The summed E-state index contributed by atoms with van der Waals surface area (Å²) < 4.78 is 5.54. The maximum absolute atomic E-state index is 12.1. The van der Waals surface area contributed by atoms with Crippen molar-refractivity contribution in [2.75, 3.05) is 5.32 Å². The Labute approximate surface area is 128 Å². The Balaban J connectivity index is 1.78. The number of furan rings is 1. The highest BCUT2D eigenvalue weighted by Gasteiger charge is 2.12. The minimum absolute atomic E-state index is 0.0560. The van der Waals surface area contributed by atoms with Crippen molar-refractivity contribution in [3.05, 3.63) is 59.9 Å². The number of hydrogen-bond acceptors (Lipinski definition) is 3. The fourth-order valence-corrected chi connectivity index (χ4v) is 2.43. The van der Waals surface area contributed by atoms with E-state index in [1.165, 1.54) is 11.6 Å². The van der Waals surface area contributed by atoms with Crippen LogP contribution >= 0.6 is 0 Å². The number of phenols is 1. The summed E-state index contributed by atoms with van der Waals surface area (Å²) >= 11 is 0. The van der Waals surface area contributed by atoms with Crippen molar-refractivity contribution in [3.63, 3.8) is 0 Å². The maximum Gasteiger partial charge on any atom is 0.229 e. The molecule has 4 heteroatoms. The third kappa shape index (κ3) is 2.81. The highest BCUT2D eigenvalue weighted by atomic mass is 16.3. The van der Waals surface area contributed by atoms with Gasteiger partial charge in [-0.05, 0) is 30.2 Å². The molecular weight excluding hydrogens is 278 g/mol. The van der Waals surface area contributed by atoms with Crippen molar-refractivity contribution < 1.29 is 14.3 Å². The number of hydrogen-bond donors (Lipinski definition) is 2. The summed E-state index contributed by atoms with van der Waals surface area (Å²) in [5.74, 6) is -0.135. The number of para-hydroxylation sites is 2. The molecule has 0 saturated heterocycles. The van der Waals surface area contributed by atoms with Crippen LogP contribution in [0.3, 0.4) is 0 Å². The number of phenolic OH excluding ortho intramolecular Hbond substituents is 1. The van der Waals surface area contributed by atoms with Crippen LogP contribution in [0.4, 0.5) is 5.69 Å². The van der Waals surface area contributed by atoms with Crippen molar-refractivity contribution >= 4 is 22.6 Å². The van der Waals surface area contributed by atoms with Crippen LogP contribution in [0.1, 0.15) is 18.1 Å². The number of amides is 1. The summed E-state index contributed by atoms with van der Waals surface area (Å²) in [4.78, 5) is 12.1. The van der Waals surface area contributed by atoms with E-state index in [2.05, 4.69) is 12.2 Å². The lowest BCUT2D eigenvalue weighted by Crippen LogP contribution is -2.14. The number of aromatic hydroxyl groups is 1. The molecule has 4 nitrogen and oxygen atoms in total. The number of benzene rings is 2. The Morgan fingerprint density at radius 2 is 2.05 bits per heavy atom. The molecule has 0 fully saturated rings. The second-order valence-corrected chi connectivity index (χ2v) is 5.19. The fourth-order valence-electron chi connectivity index (χ4n) is 2.43. The maximum atomic E-state index is 12.1. The first-order valence-corrected chi connectivity index (χ1v) is 7.24. The second-order valence-electron chi connectivity index (χ2n) is 5.19. The Morgan fingerprint density at radius 1 is 1.23 bits per heavy atom. The molecule has 1 aromatic heterocycles. The van der Waals surface area contributed by atoms with Gasteiger partial charge in [0.25, 0.3) is 0 Å². The van der Waals surface area contributed by atoms with Crippen LogP contribution in [0, 0.1) is 0 Å². The third-order valence-corrected chi connectivity index (χ3v) is 3.66. The molecule has 0 aliphatic carbocycles. The van der Waals surface area contributed by atoms with Crippen LogP contribution in [-0.2, 0) is 17.6 Å². The molecule has 0 unspecified atom stereocenters. The molecular formula is C18H17NO3. The molecule has 0 spiro atoms. The lowest BCUT2D eigenvalue weighted by atomic mass is 10.1. The van der Waals surface area contributed by atoms with E-state index in [1.54, 1.807) is 24.5 Å². The van der Waals surface area contributed by atoms with Gasteiger partial charge in [0.05, 0.1) is 18.4 Å². The van der Waals surface area contributed by atoms with Crippen LogP contribution < -0.4 is 5.32 Å². The monoisotopic (exact) mass is 295 g/mol. The molecule has 2 aromatic carbocycles. The molecule has 3 aromatic rings. The molecule has 2 N–H and O–H groups in total. The third-order valence-electron chi connectivity index (χ3n) is 3.66. The molecule has 1 heterocycles. The van der Waals surface area contributed by atoms with E-state index in [9.17, 15) is 9.90 Å². The first-order chi connectivity index (χ1) is 10.7. The number of carbonyl (C=O) groups excluding carboxylic acids is 1. The number of anilines is 1. The first kappa shape index (κ1) is 14.2. The van der Waals surface area contributed by atoms with Crippen LogP contribution in [-0.4, -0.2) is 11.0 Å². The summed E-state index contributed by atoms with van der Waals surface area (Å²) in [6.07, 6.45) is 2.76. The van der Waals surface area contributed by atoms with E-state index in [-0.39, 0.29) is 18.1 Å². The zero-order valence-electron chi connectivity index (χ0n) is 12.3. The summed E-state index contributed by atoms with van der Waals surface area (Å²) in [5.41, 5.74) is 3.25. The van der Waals surface area contributed by atoms with Gasteiger partial charge < -0.3 is 14.8 Å². The Kier molecular flexibility index (Phi) is 3.83.